The van der Waals surface area contributed by atoms with Gasteiger partial charge in [0.25, 0.3) is 0 Å². The first-order valence-electron chi connectivity index (χ1n) is 6.01. The predicted molar refractivity (Wildman–Crippen MR) is 83.2 cm³/mol. The number of hydrogen-bond donors (Lipinski definition) is 1. The van der Waals surface area contributed by atoms with Gasteiger partial charge in [0.2, 0.25) is 0 Å². The summed E-state index contributed by atoms with van der Waals surface area (Å²) in [7, 11) is 1.61. The van der Waals surface area contributed by atoms with Crippen molar-refractivity contribution >= 4 is 22.1 Å². The lowest BCUT2D eigenvalue weighted by atomic mass is 10.2. The molecule has 20 heavy (non-hydrogen) atoms. The Morgan fingerprint density at radius 1 is 1.20 bits per heavy atom. The van der Waals surface area contributed by atoms with Gasteiger partial charge < -0.3 is 15.3 Å². The molecule has 0 aromatic heterocycles. The Labute approximate surface area is 126 Å². The summed E-state index contributed by atoms with van der Waals surface area (Å²) in [5.41, 5.74) is 1.93. The van der Waals surface area contributed by atoms with Crippen LogP contribution in [0.3, 0.4) is 0 Å². The Hall–Kier alpha value is -2.01. The molecule has 0 atom stereocenters. The number of ether oxygens (including phenoxy) is 2. The molecule has 0 heterocycles. The highest BCUT2D eigenvalue weighted by molar-refractivity contribution is 9.10. The van der Waals surface area contributed by atoms with Crippen LogP contribution < -0.4 is 15.3 Å². The van der Waals surface area contributed by atoms with E-state index in [-0.39, 0.29) is 0 Å². The van der Waals surface area contributed by atoms with Crippen LogP contribution in [0.1, 0.15) is 11.1 Å². The summed E-state index contributed by atoms with van der Waals surface area (Å²) in [6, 6.07) is 13.5. The molecule has 2 rings (SSSR count). The molecule has 0 bridgehead atoms. The van der Waals surface area contributed by atoms with Crippen LogP contribution in [0.4, 0.5) is 0 Å². The van der Waals surface area contributed by atoms with E-state index < -0.39 is 0 Å². The molecule has 104 valence electrons. The van der Waals surface area contributed by atoms with Crippen molar-refractivity contribution in [2.45, 2.75) is 6.61 Å². The third-order valence-electron chi connectivity index (χ3n) is 2.69. The van der Waals surface area contributed by atoms with E-state index in [1.54, 1.807) is 13.3 Å². The SMILES string of the molecule is COc1ccc(C=NN)cc1OCc1cccc(Br)c1. The van der Waals surface area contributed by atoms with Crippen LogP contribution in [0.5, 0.6) is 11.5 Å². The average molecular weight is 335 g/mol. The van der Waals surface area contributed by atoms with E-state index in [4.69, 9.17) is 15.3 Å². The maximum absolute atomic E-state index is 5.81. The number of nitrogens with two attached hydrogens (primary N) is 1. The minimum atomic E-state index is 0.457. The summed E-state index contributed by atoms with van der Waals surface area (Å²) in [4.78, 5) is 0. The van der Waals surface area contributed by atoms with E-state index >= 15 is 0 Å². The normalized spacial score (nSPS) is 10.7. The van der Waals surface area contributed by atoms with Crippen molar-refractivity contribution in [1.29, 1.82) is 0 Å². The second-order valence-corrected chi connectivity index (χ2v) is 5.02. The summed E-state index contributed by atoms with van der Waals surface area (Å²) in [6.07, 6.45) is 1.56. The van der Waals surface area contributed by atoms with Gasteiger partial charge in [-0.25, -0.2) is 0 Å². The van der Waals surface area contributed by atoms with E-state index in [1.165, 1.54) is 0 Å². The van der Waals surface area contributed by atoms with E-state index in [1.807, 2.05) is 42.5 Å². The number of benzene rings is 2. The maximum Gasteiger partial charge on any atom is 0.162 e. The third-order valence-corrected chi connectivity index (χ3v) is 3.19. The predicted octanol–water partition coefficient (Wildman–Crippen LogP) is 3.33. The summed E-state index contributed by atoms with van der Waals surface area (Å²) in [5, 5.41) is 3.50. The van der Waals surface area contributed by atoms with Gasteiger partial charge >= 0.3 is 0 Å². The van der Waals surface area contributed by atoms with Crippen molar-refractivity contribution in [3.63, 3.8) is 0 Å². The fourth-order valence-corrected chi connectivity index (χ4v) is 2.21. The highest BCUT2D eigenvalue weighted by Crippen LogP contribution is 2.28. The monoisotopic (exact) mass is 334 g/mol. The molecule has 0 aliphatic rings. The summed E-state index contributed by atoms with van der Waals surface area (Å²) < 4.78 is 12.1. The number of halogens is 1. The first kappa shape index (κ1) is 14.4. The Bertz CT molecular complexity index is 615. The van der Waals surface area contributed by atoms with E-state index in [2.05, 4.69) is 21.0 Å². The second kappa shape index (κ2) is 6.96. The van der Waals surface area contributed by atoms with Crippen molar-refractivity contribution in [3.8, 4) is 11.5 Å². The van der Waals surface area contributed by atoms with Crippen molar-refractivity contribution in [3.05, 3.63) is 58.1 Å². The fourth-order valence-electron chi connectivity index (χ4n) is 1.76. The topological polar surface area (TPSA) is 56.8 Å². The Morgan fingerprint density at radius 3 is 2.75 bits per heavy atom. The fraction of sp³-hybridized carbons (Fsp3) is 0.133. The quantitative estimate of drug-likeness (QED) is 0.518. The zero-order chi connectivity index (χ0) is 14.4. The molecule has 0 spiro atoms. The smallest absolute Gasteiger partial charge is 0.162 e. The lowest BCUT2D eigenvalue weighted by molar-refractivity contribution is 0.284. The van der Waals surface area contributed by atoms with Gasteiger partial charge in [-0.3, -0.25) is 0 Å². The molecule has 0 amide bonds. The van der Waals surface area contributed by atoms with Crippen LogP contribution in [0.15, 0.2) is 52.0 Å². The van der Waals surface area contributed by atoms with E-state index in [0.717, 1.165) is 15.6 Å². The van der Waals surface area contributed by atoms with E-state index in [9.17, 15) is 0 Å². The summed E-state index contributed by atoms with van der Waals surface area (Å²) in [5.74, 6) is 6.49. The average Bonchev–Trinajstić information content (AvgIpc) is 2.46. The molecule has 5 heteroatoms. The summed E-state index contributed by atoms with van der Waals surface area (Å²) in [6.45, 7) is 0.457. The van der Waals surface area contributed by atoms with Gasteiger partial charge in [0.15, 0.2) is 11.5 Å². The first-order chi connectivity index (χ1) is 9.72. The van der Waals surface area contributed by atoms with Gasteiger partial charge in [-0.15, -0.1) is 0 Å². The number of hydrogen-bond acceptors (Lipinski definition) is 4. The Kier molecular flexibility index (Phi) is 5.01. The van der Waals surface area contributed by atoms with Gasteiger partial charge in [-0.05, 0) is 41.5 Å². The van der Waals surface area contributed by atoms with Crippen LogP contribution in [0, 0.1) is 0 Å². The van der Waals surface area contributed by atoms with Crippen molar-refractivity contribution < 1.29 is 9.47 Å². The zero-order valence-corrected chi connectivity index (χ0v) is 12.6. The van der Waals surface area contributed by atoms with Crippen molar-refractivity contribution in [2.24, 2.45) is 10.9 Å². The van der Waals surface area contributed by atoms with E-state index in [0.29, 0.717) is 18.1 Å². The van der Waals surface area contributed by atoms with Crippen LogP contribution in [-0.2, 0) is 6.61 Å². The highest BCUT2D eigenvalue weighted by atomic mass is 79.9. The first-order valence-corrected chi connectivity index (χ1v) is 6.81. The molecular weight excluding hydrogens is 320 g/mol. The molecule has 4 nitrogen and oxygen atoms in total. The molecule has 0 saturated carbocycles. The zero-order valence-electron chi connectivity index (χ0n) is 11.0. The minimum absolute atomic E-state index is 0.457. The van der Waals surface area contributed by atoms with Crippen LogP contribution in [0.2, 0.25) is 0 Å². The van der Waals surface area contributed by atoms with Crippen LogP contribution in [-0.4, -0.2) is 13.3 Å². The molecule has 0 aliphatic heterocycles. The van der Waals surface area contributed by atoms with Gasteiger partial charge in [-0.2, -0.15) is 5.10 Å². The number of methoxy groups -OCH3 is 1. The lowest BCUT2D eigenvalue weighted by Gasteiger charge is -2.11. The largest absolute Gasteiger partial charge is 0.493 e. The second-order valence-electron chi connectivity index (χ2n) is 4.11. The van der Waals surface area contributed by atoms with Crippen molar-refractivity contribution in [1.82, 2.24) is 0 Å². The van der Waals surface area contributed by atoms with Gasteiger partial charge in [0.1, 0.15) is 6.61 Å². The molecule has 0 radical (unpaired) electrons. The lowest BCUT2D eigenvalue weighted by Crippen LogP contribution is -1.99. The standard InChI is InChI=1S/C15H15BrN2O2/c1-19-14-6-5-11(9-18-17)8-15(14)20-10-12-3-2-4-13(16)7-12/h2-9H,10,17H2,1H3. The molecule has 0 saturated heterocycles. The molecule has 2 N–H and O–H groups in total. The molecule has 0 unspecified atom stereocenters. The van der Waals surface area contributed by atoms with Crippen LogP contribution >= 0.6 is 15.9 Å². The molecule has 0 aliphatic carbocycles. The Morgan fingerprint density at radius 2 is 2.05 bits per heavy atom. The number of hydrazone groups is 1. The maximum atomic E-state index is 5.81. The molecule has 0 fully saturated rings. The molecular formula is C15H15BrN2O2. The van der Waals surface area contributed by atoms with Crippen LogP contribution in [0.25, 0.3) is 0 Å². The highest BCUT2D eigenvalue weighted by Gasteiger charge is 2.06. The third kappa shape index (κ3) is 3.74. The minimum Gasteiger partial charge on any atom is -0.493 e. The molecule has 2 aromatic rings. The van der Waals surface area contributed by atoms with Gasteiger partial charge in [0, 0.05) is 4.47 Å². The molecule has 2 aromatic carbocycles. The van der Waals surface area contributed by atoms with Gasteiger partial charge in [0.05, 0.1) is 13.3 Å². The van der Waals surface area contributed by atoms with Crippen molar-refractivity contribution in [2.75, 3.05) is 7.11 Å². The number of rotatable bonds is 5. The summed E-state index contributed by atoms with van der Waals surface area (Å²) >= 11 is 3.44. The number of nitrogens with zero attached hydrogens (tertiary/aromatic N) is 1. The van der Waals surface area contributed by atoms with Gasteiger partial charge in [-0.1, -0.05) is 28.1 Å². The Balaban J connectivity index is 2.17.